The summed E-state index contributed by atoms with van der Waals surface area (Å²) in [6.45, 7) is 7.15. The van der Waals surface area contributed by atoms with Crippen molar-refractivity contribution < 1.29 is 9.53 Å². The average Bonchev–Trinajstić information content (AvgIpc) is 2.72. The van der Waals surface area contributed by atoms with Crippen molar-refractivity contribution in [3.8, 4) is 5.75 Å². The maximum Gasteiger partial charge on any atom is 0.223 e. The van der Waals surface area contributed by atoms with Crippen LogP contribution in [0.1, 0.15) is 31.4 Å². The third-order valence-corrected chi connectivity index (χ3v) is 5.72. The van der Waals surface area contributed by atoms with Gasteiger partial charge in [-0.25, -0.2) is 0 Å². The smallest absolute Gasteiger partial charge is 0.223 e. The van der Waals surface area contributed by atoms with Crippen molar-refractivity contribution in [3.05, 3.63) is 65.7 Å². The molecule has 1 amide bonds. The molecule has 0 saturated carbocycles. The highest BCUT2D eigenvalue weighted by Crippen LogP contribution is 2.19. The molecule has 2 aromatic rings. The van der Waals surface area contributed by atoms with Gasteiger partial charge in [0.2, 0.25) is 5.91 Å². The first-order valence-electron chi connectivity index (χ1n) is 10.3. The van der Waals surface area contributed by atoms with Crippen LogP contribution in [0.25, 0.3) is 0 Å². The summed E-state index contributed by atoms with van der Waals surface area (Å²) < 4.78 is 5.27. The van der Waals surface area contributed by atoms with Crippen molar-refractivity contribution in [2.45, 2.75) is 45.2 Å². The van der Waals surface area contributed by atoms with E-state index in [2.05, 4.69) is 60.0 Å². The molecular formula is C24H32N2O2. The second kappa shape index (κ2) is 9.74. The minimum absolute atomic E-state index is 0.254. The predicted octanol–water partition coefficient (Wildman–Crippen LogP) is 3.79. The highest BCUT2D eigenvalue weighted by Gasteiger charge is 2.31. The Bertz CT molecular complexity index is 750. The van der Waals surface area contributed by atoms with Crippen molar-refractivity contribution in [3.63, 3.8) is 0 Å². The number of carbonyl (C=O) groups excluding carboxylic acids is 1. The number of benzene rings is 2. The standard InChI is InChI=1S/C24H32N2O2/c1-19-17-25(24(27)13-12-22-10-7-11-23(16-22)28-3)18-20(2)26(19)15-14-21-8-5-4-6-9-21/h4-11,16,19-20H,12-15,17-18H2,1-3H3. The number of nitrogens with zero attached hydrogens (tertiary/aromatic N) is 2. The molecule has 2 aromatic carbocycles. The highest BCUT2D eigenvalue weighted by atomic mass is 16.5. The van der Waals surface area contributed by atoms with Gasteiger partial charge in [-0.15, -0.1) is 0 Å². The van der Waals surface area contributed by atoms with E-state index in [0.29, 0.717) is 18.5 Å². The molecule has 0 spiro atoms. The van der Waals surface area contributed by atoms with E-state index in [1.807, 2.05) is 18.2 Å². The zero-order valence-electron chi connectivity index (χ0n) is 17.3. The minimum atomic E-state index is 0.254. The SMILES string of the molecule is COc1cccc(CCC(=O)N2CC(C)N(CCc3ccccc3)C(C)C2)c1. The number of rotatable bonds is 7. The monoisotopic (exact) mass is 380 g/mol. The van der Waals surface area contributed by atoms with Crippen LogP contribution in [0.15, 0.2) is 54.6 Å². The molecular weight excluding hydrogens is 348 g/mol. The molecule has 28 heavy (non-hydrogen) atoms. The van der Waals surface area contributed by atoms with Crippen LogP contribution in [0.2, 0.25) is 0 Å². The lowest BCUT2D eigenvalue weighted by atomic mass is 10.0. The largest absolute Gasteiger partial charge is 0.497 e. The Labute approximate surface area is 169 Å². The average molecular weight is 381 g/mol. The molecule has 2 unspecified atom stereocenters. The minimum Gasteiger partial charge on any atom is -0.497 e. The molecule has 4 nitrogen and oxygen atoms in total. The fourth-order valence-electron chi connectivity index (χ4n) is 4.14. The van der Waals surface area contributed by atoms with Gasteiger partial charge in [-0.3, -0.25) is 9.69 Å². The van der Waals surface area contributed by atoms with Crippen LogP contribution in [0.4, 0.5) is 0 Å². The fraction of sp³-hybridized carbons (Fsp3) is 0.458. The normalized spacial score (nSPS) is 20.2. The van der Waals surface area contributed by atoms with Gasteiger partial charge in [0, 0.05) is 38.1 Å². The van der Waals surface area contributed by atoms with Gasteiger partial charge in [-0.05, 0) is 49.9 Å². The first-order chi connectivity index (χ1) is 13.6. The molecule has 1 heterocycles. The number of piperazine rings is 1. The van der Waals surface area contributed by atoms with Gasteiger partial charge >= 0.3 is 0 Å². The van der Waals surface area contributed by atoms with Crippen LogP contribution < -0.4 is 4.74 Å². The van der Waals surface area contributed by atoms with Crippen LogP contribution in [0, 0.1) is 0 Å². The number of aryl methyl sites for hydroxylation is 1. The van der Waals surface area contributed by atoms with Crippen molar-refractivity contribution in [2.24, 2.45) is 0 Å². The summed E-state index contributed by atoms with van der Waals surface area (Å²) in [5.74, 6) is 1.10. The van der Waals surface area contributed by atoms with Gasteiger partial charge in [-0.1, -0.05) is 42.5 Å². The second-order valence-corrected chi connectivity index (χ2v) is 7.82. The van der Waals surface area contributed by atoms with Gasteiger partial charge < -0.3 is 9.64 Å². The zero-order chi connectivity index (χ0) is 19.9. The Morgan fingerprint density at radius 3 is 2.32 bits per heavy atom. The van der Waals surface area contributed by atoms with E-state index in [1.165, 1.54) is 5.56 Å². The number of methoxy groups -OCH3 is 1. The van der Waals surface area contributed by atoms with E-state index >= 15 is 0 Å². The molecule has 1 fully saturated rings. The first-order valence-corrected chi connectivity index (χ1v) is 10.3. The third-order valence-electron chi connectivity index (χ3n) is 5.72. The number of ether oxygens (including phenoxy) is 1. The maximum absolute atomic E-state index is 12.8. The lowest BCUT2D eigenvalue weighted by molar-refractivity contribution is -0.135. The van der Waals surface area contributed by atoms with Gasteiger partial charge in [0.05, 0.1) is 7.11 Å². The summed E-state index contributed by atoms with van der Waals surface area (Å²) in [6.07, 6.45) is 2.36. The van der Waals surface area contributed by atoms with Crippen LogP contribution >= 0.6 is 0 Å². The van der Waals surface area contributed by atoms with Crippen LogP contribution in [0.3, 0.4) is 0 Å². The van der Waals surface area contributed by atoms with Gasteiger partial charge in [0.15, 0.2) is 0 Å². The summed E-state index contributed by atoms with van der Waals surface area (Å²) in [5, 5.41) is 0. The Balaban J connectivity index is 1.50. The molecule has 0 aliphatic carbocycles. The van der Waals surface area contributed by atoms with E-state index < -0.39 is 0 Å². The van der Waals surface area contributed by atoms with Gasteiger partial charge in [-0.2, -0.15) is 0 Å². The molecule has 0 aromatic heterocycles. The van der Waals surface area contributed by atoms with E-state index in [-0.39, 0.29) is 5.91 Å². The molecule has 0 radical (unpaired) electrons. The van der Waals surface area contributed by atoms with E-state index in [0.717, 1.165) is 43.8 Å². The summed E-state index contributed by atoms with van der Waals surface area (Å²) in [4.78, 5) is 17.4. The van der Waals surface area contributed by atoms with Crippen LogP contribution in [-0.2, 0) is 17.6 Å². The lowest BCUT2D eigenvalue weighted by Gasteiger charge is -2.44. The molecule has 1 aliphatic heterocycles. The lowest BCUT2D eigenvalue weighted by Crippen LogP contribution is -2.58. The molecule has 0 bridgehead atoms. The maximum atomic E-state index is 12.8. The molecule has 3 rings (SSSR count). The number of hydrogen-bond acceptors (Lipinski definition) is 3. The number of hydrogen-bond donors (Lipinski definition) is 0. The molecule has 150 valence electrons. The first kappa shape index (κ1) is 20.4. The van der Waals surface area contributed by atoms with E-state index in [4.69, 9.17) is 4.74 Å². The molecule has 0 N–H and O–H groups in total. The molecule has 1 aliphatic rings. The van der Waals surface area contributed by atoms with E-state index in [1.54, 1.807) is 7.11 Å². The fourth-order valence-corrected chi connectivity index (χ4v) is 4.14. The van der Waals surface area contributed by atoms with Crippen molar-refractivity contribution in [1.29, 1.82) is 0 Å². The molecule has 1 saturated heterocycles. The quantitative estimate of drug-likeness (QED) is 0.733. The Kier molecular flexibility index (Phi) is 7.10. The summed E-state index contributed by atoms with van der Waals surface area (Å²) in [7, 11) is 1.67. The Morgan fingerprint density at radius 2 is 1.64 bits per heavy atom. The van der Waals surface area contributed by atoms with Gasteiger partial charge in [0.1, 0.15) is 5.75 Å². The van der Waals surface area contributed by atoms with Gasteiger partial charge in [0.25, 0.3) is 0 Å². The van der Waals surface area contributed by atoms with Crippen LogP contribution in [0.5, 0.6) is 5.75 Å². The number of amides is 1. The summed E-state index contributed by atoms with van der Waals surface area (Å²) >= 11 is 0. The number of carbonyl (C=O) groups is 1. The van der Waals surface area contributed by atoms with Crippen molar-refractivity contribution in [2.75, 3.05) is 26.7 Å². The Hall–Kier alpha value is -2.33. The summed E-state index contributed by atoms with van der Waals surface area (Å²) in [6, 6.07) is 19.4. The second-order valence-electron chi connectivity index (χ2n) is 7.82. The van der Waals surface area contributed by atoms with Crippen molar-refractivity contribution in [1.82, 2.24) is 9.80 Å². The van der Waals surface area contributed by atoms with Crippen molar-refractivity contribution >= 4 is 5.91 Å². The zero-order valence-corrected chi connectivity index (χ0v) is 17.3. The highest BCUT2D eigenvalue weighted by molar-refractivity contribution is 5.76. The topological polar surface area (TPSA) is 32.8 Å². The predicted molar refractivity (Wildman–Crippen MR) is 114 cm³/mol. The molecule has 2 atom stereocenters. The Morgan fingerprint density at radius 1 is 0.964 bits per heavy atom. The van der Waals surface area contributed by atoms with E-state index in [9.17, 15) is 4.79 Å². The van der Waals surface area contributed by atoms with Crippen LogP contribution in [-0.4, -0.2) is 54.5 Å². The summed E-state index contributed by atoms with van der Waals surface area (Å²) in [5.41, 5.74) is 2.52. The molecule has 4 heteroatoms. The third kappa shape index (κ3) is 5.35.